The van der Waals surface area contributed by atoms with Crippen LogP contribution >= 0.6 is 11.8 Å². The fraction of sp³-hybridized carbons (Fsp3) is 0.706. The maximum Gasteiger partial charge on any atom is 0.235 e. The number of rotatable bonds is 5. The summed E-state index contributed by atoms with van der Waals surface area (Å²) in [5.41, 5.74) is 0. The summed E-state index contributed by atoms with van der Waals surface area (Å²) in [6.07, 6.45) is 6.40. The Morgan fingerprint density at radius 1 is 1.29 bits per heavy atom. The number of hydrogen-bond donors (Lipinski definition) is 1. The van der Waals surface area contributed by atoms with Crippen LogP contribution in [0.2, 0.25) is 0 Å². The first-order valence-electron chi connectivity index (χ1n) is 8.70. The van der Waals surface area contributed by atoms with E-state index < -0.39 is 0 Å². The SMILES string of the molecule is Cc1cc(NC(=O)CSCC(=O)N2CCC3CCCCC3C2)no1. The Bertz CT molecular complexity index is 589. The number of thioether (sulfide) groups is 1. The van der Waals surface area contributed by atoms with E-state index in [1.165, 1.54) is 37.4 Å². The largest absolute Gasteiger partial charge is 0.360 e. The van der Waals surface area contributed by atoms with Gasteiger partial charge in [-0.2, -0.15) is 0 Å². The molecule has 3 rings (SSSR count). The fourth-order valence-corrected chi connectivity index (χ4v) is 4.47. The van der Waals surface area contributed by atoms with Crippen molar-refractivity contribution in [3.63, 3.8) is 0 Å². The van der Waals surface area contributed by atoms with Crippen LogP contribution in [0.5, 0.6) is 0 Å². The number of piperidine rings is 1. The molecule has 0 bridgehead atoms. The van der Waals surface area contributed by atoms with Crippen molar-refractivity contribution in [2.75, 3.05) is 29.9 Å². The minimum atomic E-state index is -0.160. The van der Waals surface area contributed by atoms with E-state index in [4.69, 9.17) is 4.52 Å². The fourth-order valence-electron chi connectivity index (χ4n) is 3.75. The van der Waals surface area contributed by atoms with Crippen LogP contribution in [-0.2, 0) is 9.59 Å². The maximum absolute atomic E-state index is 12.4. The van der Waals surface area contributed by atoms with Crippen LogP contribution < -0.4 is 5.32 Å². The van der Waals surface area contributed by atoms with Crippen molar-refractivity contribution in [2.24, 2.45) is 11.8 Å². The predicted molar refractivity (Wildman–Crippen MR) is 93.8 cm³/mol. The summed E-state index contributed by atoms with van der Waals surface area (Å²) in [5, 5.41) is 6.38. The van der Waals surface area contributed by atoms with Gasteiger partial charge in [0.1, 0.15) is 5.76 Å². The molecule has 2 amide bonds. The lowest BCUT2D eigenvalue weighted by Gasteiger charge is -2.41. The van der Waals surface area contributed by atoms with Crippen LogP contribution in [0, 0.1) is 18.8 Å². The van der Waals surface area contributed by atoms with Gasteiger partial charge >= 0.3 is 0 Å². The molecule has 6 nitrogen and oxygen atoms in total. The molecule has 2 fully saturated rings. The van der Waals surface area contributed by atoms with Gasteiger partial charge in [0.25, 0.3) is 0 Å². The van der Waals surface area contributed by atoms with E-state index in [0.717, 1.165) is 25.4 Å². The van der Waals surface area contributed by atoms with Gasteiger partial charge in [0, 0.05) is 19.2 Å². The summed E-state index contributed by atoms with van der Waals surface area (Å²) in [6.45, 7) is 3.56. The normalized spacial score (nSPS) is 23.6. The van der Waals surface area contributed by atoms with Crippen molar-refractivity contribution in [2.45, 2.75) is 39.0 Å². The van der Waals surface area contributed by atoms with Gasteiger partial charge in [-0.25, -0.2) is 0 Å². The Labute approximate surface area is 146 Å². The molecular formula is C17H25N3O3S. The number of carbonyl (C=O) groups is 2. The topological polar surface area (TPSA) is 75.4 Å². The van der Waals surface area contributed by atoms with Crippen molar-refractivity contribution in [3.8, 4) is 0 Å². The third-order valence-corrected chi connectivity index (χ3v) is 5.92. The number of carbonyl (C=O) groups excluding carboxylic acids is 2. The number of fused-ring (bicyclic) bond motifs is 1. The highest BCUT2D eigenvalue weighted by molar-refractivity contribution is 8.00. The van der Waals surface area contributed by atoms with Crippen LogP contribution in [0.25, 0.3) is 0 Å². The highest BCUT2D eigenvalue weighted by Crippen LogP contribution is 2.36. The predicted octanol–water partition coefficient (Wildman–Crippen LogP) is 2.69. The second-order valence-electron chi connectivity index (χ2n) is 6.80. The average molecular weight is 351 g/mol. The van der Waals surface area contributed by atoms with Gasteiger partial charge in [-0.3, -0.25) is 9.59 Å². The summed E-state index contributed by atoms with van der Waals surface area (Å²) in [6, 6.07) is 1.67. The third kappa shape index (κ3) is 4.53. The monoisotopic (exact) mass is 351 g/mol. The van der Waals surface area contributed by atoms with Crippen LogP contribution in [-0.4, -0.2) is 46.5 Å². The molecule has 0 spiro atoms. The summed E-state index contributed by atoms with van der Waals surface area (Å²) in [4.78, 5) is 26.2. The minimum Gasteiger partial charge on any atom is -0.360 e. The van der Waals surface area contributed by atoms with E-state index in [1.54, 1.807) is 13.0 Å². The van der Waals surface area contributed by atoms with Gasteiger partial charge in [0.05, 0.1) is 11.5 Å². The third-order valence-electron chi connectivity index (χ3n) is 5.00. The quantitative estimate of drug-likeness (QED) is 0.883. The molecule has 1 aromatic rings. The van der Waals surface area contributed by atoms with Crippen molar-refractivity contribution < 1.29 is 14.1 Å². The molecule has 1 aromatic heterocycles. The summed E-state index contributed by atoms with van der Waals surface area (Å²) in [7, 11) is 0. The molecule has 0 radical (unpaired) electrons. The smallest absolute Gasteiger partial charge is 0.235 e. The van der Waals surface area contributed by atoms with Crippen molar-refractivity contribution in [3.05, 3.63) is 11.8 Å². The average Bonchev–Trinajstić information content (AvgIpc) is 2.99. The lowest BCUT2D eigenvalue weighted by atomic mass is 9.75. The first-order chi connectivity index (χ1) is 11.6. The van der Waals surface area contributed by atoms with E-state index >= 15 is 0 Å². The van der Waals surface area contributed by atoms with E-state index in [0.29, 0.717) is 23.2 Å². The zero-order chi connectivity index (χ0) is 16.9. The number of hydrogen-bond acceptors (Lipinski definition) is 5. The summed E-state index contributed by atoms with van der Waals surface area (Å²) >= 11 is 1.36. The molecule has 2 heterocycles. The van der Waals surface area contributed by atoms with Crippen LogP contribution in [0.15, 0.2) is 10.6 Å². The number of aryl methyl sites for hydroxylation is 1. The molecule has 132 valence electrons. The molecule has 2 unspecified atom stereocenters. The van der Waals surface area contributed by atoms with Crippen LogP contribution in [0.3, 0.4) is 0 Å². The molecule has 0 aromatic carbocycles. The number of nitrogens with one attached hydrogen (secondary N) is 1. The molecule has 24 heavy (non-hydrogen) atoms. The molecule has 1 aliphatic carbocycles. The lowest BCUT2D eigenvalue weighted by Crippen LogP contribution is -2.45. The molecular weight excluding hydrogens is 326 g/mol. The second kappa shape index (κ2) is 8.05. The zero-order valence-electron chi connectivity index (χ0n) is 14.1. The van der Waals surface area contributed by atoms with Crippen molar-refractivity contribution in [1.82, 2.24) is 10.1 Å². The van der Waals surface area contributed by atoms with Crippen LogP contribution in [0.1, 0.15) is 37.9 Å². The van der Waals surface area contributed by atoms with Gasteiger partial charge in [-0.1, -0.05) is 24.4 Å². The second-order valence-corrected chi connectivity index (χ2v) is 7.78. The number of amides is 2. The van der Waals surface area contributed by atoms with Gasteiger partial charge in [0.15, 0.2) is 5.82 Å². The highest BCUT2D eigenvalue weighted by Gasteiger charge is 2.32. The molecule has 1 saturated carbocycles. The maximum atomic E-state index is 12.4. The summed E-state index contributed by atoms with van der Waals surface area (Å²) < 4.78 is 4.90. The molecule has 2 atom stereocenters. The highest BCUT2D eigenvalue weighted by atomic mass is 32.2. The van der Waals surface area contributed by atoms with E-state index in [9.17, 15) is 9.59 Å². The van der Waals surface area contributed by atoms with E-state index in [1.807, 2.05) is 4.90 Å². The van der Waals surface area contributed by atoms with Gasteiger partial charge < -0.3 is 14.7 Å². The Balaban J connectivity index is 1.37. The molecule has 2 aliphatic rings. The number of nitrogens with zero attached hydrogens (tertiary/aromatic N) is 2. The molecule has 7 heteroatoms. The van der Waals surface area contributed by atoms with Crippen LogP contribution in [0.4, 0.5) is 5.82 Å². The van der Waals surface area contributed by atoms with E-state index in [2.05, 4.69) is 10.5 Å². The van der Waals surface area contributed by atoms with Gasteiger partial charge in [-0.05, 0) is 31.6 Å². The van der Waals surface area contributed by atoms with E-state index in [-0.39, 0.29) is 17.6 Å². The van der Waals surface area contributed by atoms with Gasteiger partial charge in [-0.15, -0.1) is 11.8 Å². The Morgan fingerprint density at radius 3 is 2.83 bits per heavy atom. The Hall–Kier alpha value is -1.50. The lowest BCUT2D eigenvalue weighted by molar-refractivity contribution is -0.131. The number of anilines is 1. The molecule has 1 N–H and O–H groups in total. The van der Waals surface area contributed by atoms with Crippen molar-refractivity contribution >= 4 is 29.4 Å². The Kier molecular flexibility index (Phi) is 5.81. The number of likely N-dealkylation sites (tertiary alicyclic amines) is 1. The first-order valence-corrected chi connectivity index (χ1v) is 9.86. The number of aromatic nitrogens is 1. The first kappa shape index (κ1) is 17.3. The minimum absolute atomic E-state index is 0.160. The standard InChI is InChI=1S/C17H25N3O3S/c1-12-8-15(19-23-12)18-16(21)10-24-11-17(22)20-7-6-13-4-2-3-5-14(13)9-20/h8,13-14H,2-7,9-11H2,1H3,(H,18,19,21). The van der Waals surface area contributed by atoms with Gasteiger partial charge in [0.2, 0.25) is 11.8 Å². The van der Waals surface area contributed by atoms with Crippen molar-refractivity contribution in [1.29, 1.82) is 0 Å². The summed E-state index contributed by atoms with van der Waals surface area (Å²) in [5.74, 6) is 3.21. The Morgan fingerprint density at radius 2 is 2.08 bits per heavy atom. The molecule has 1 saturated heterocycles. The zero-order valence-corrected chi connectivity index (χ0v) is 14.9. The molecule has 1 aliphatic heterocycles.